The normalized spacial score (nSPS) is 21.9. The summed E-state index contributed by atoms with van der Waals surface area (Å²) >= 11 is 0. The van der Waals surface area contributed by atoms with E-state index in [-0.39, 0.29) is 18.0 Å². The van der Waals surface area contributed by atoms with Crippen LogP contribution in [0.2, 0.25) is 0 Å². The molecular weight excluding hydrogens is 316 g/mol. The largest absolute Gasteiger partial charge is 0.481 e. The van der Waals surface area contributed by atoms with Crippen molar-refractivity contribution in [1.29, 1.82) is 0 Å². The van der Waals surface area contributed by atoms with Crippen LogP contribution in [0.3, 0.4) is 0 Å². The van der Waals surface area contributed by atoms with Crippen molar-refractivity contribution in [2.24, 2.45) is 17.8 Å². The fourth-order valence-electron chi connectivity index (χ4n) is 3.78. The molecule has 0 aliphatic heterocycles. The number of hydrogen-bond acceptors (Lipinski definition) is 3. The molecule has 1 aliphatic carbocycles. The van der Waals surface area contributed by atoms with E-state index in [1.807, 2.05) is 0 Å². The predicted octanol–water partition coefficient (Wildman–Crippen LogP) is 5.59. The van der Waals surface area contributed by atoms with Crippen LogP contribution in [0.5, 0.6) is 0 Å². The summed E-state index contributed by atoms with van der Waals surface area (Å²) in [5.74, 6) is -1.88. The molecular formula is C21H38O4. The van der Waals surface area contributed by atoms with Crippen LogP contribution >= 0.6 is 0 Å². The Bertz CT molecular complexity index is 391. The van der Waals surface area contributed by atoms with Crippen molar-refractivity contribution in [3.05, 3.63) is 0 Å². The Morgan fingerprint density at radius 3 is 2.08 bits per heavy atom. The van der Waals surface area contributed by atoms with Crippen LogP contribution in [0.1, 0.15) is 97.8 Å². The van der Waals surface area contributed by atoms with Gasteiger partial charge in [0.2, 0.25) is 0 Å². The number of carbonyl (C=O) groups is 2. The van der Waals surface area contributed by atoms with Crippen molar-refractivity contribution < 1.29 is 19.4 Å². The Kier molecular flexibility index (Phi) is 10.8. The molecule has 0 bridgehead atoms. The highest BCUT2D eigenvalue weighted by atomic mass is 16.5. The maximum Gasteiger partial charge on any atom is 0.310 e. The van der Waals surface area contributed by atoms with Crippen LogP contribution in [-0.4, -0.2) is 23.1 Å². The van der Waals surface area contributed by atoms with Crippen molar-refractivity contribution in [3.8, 4) is 0 Å². The van der Waals surface area contributed by atoms with Gasteiger partial charge in [-0.3, -0.25) is 9.59 Å². The van der Waals surface area contributed by atoms with Gasteiger partial charge in [-0.1, -0.05) is 72.1 Å². The van der Waals surface area contributed by atoms with Gasteiger partial charge in [0.25, 0.3) is 0 Å². The van der Waals surface area contributed by atoms with Crippen LogP contribution in [0.4, 0.5) is 0 Å². The number of aliphatic carboxylic acids is 1. The lowest BCUT2D eigenvalue weighted by molar-refractivity contribution is -0.165. The minimum Gasteiger partial charge on any atom is -0.481 e. The summed E-state index contributed by atoms with van der Waals surface area (Å²) in [6.07, 6.45) is 12.6. The average Bonchev–Trinajstić information content (AvgIpc) is 2.59. The Morgan fingerprint density at radius 1 is 0.960 bits per heavy atom. The molecule has 25 heavy (non-hydrogen) atoms. The number of esters is 1. The van der Waals surface area contributed by atoms with Crippen LogP contribution in [0.15, 0.2) is 0 Å². The molecule has 1 N–H and O–H groups in total. The lowest BCUT2D eigenvalue weighted by Crippen LogP contribution is -2.36. The number of rotatable bonds is 12. The lowest BCUT2D eigenvalue weighted by atomic mass is 9.79. The summed E-state index contributed by atoms with van der Waals surface area (Å²) in [7, 11) is 0. The fraction of sp³-hybridized carbons (Fsp3) is 0.905. The molecule has 0 spiro atoms. The number of carboxylic acids is 1. The number of carboxylic acid groups (broad SMARTS) is 1. The first kappa shape index (κ1) is 22.0. The average molecular weight is 355 g/mol. The zero-order valence-electron chi connectivity index (χ0n) is 16.5. The molecule has 1 aliphatic rings. The SMILES string of the molecule is CCCCCCCCCC(OC(=O)C1CCCCC1C(=O)O)C(C)C. The second kappa shape index (κ2) is 12.3. The number of hydrogen-bond donors (Lipinski definition) is 1. The molecule has 0 saturated heterocycles. The summed E-state index contributed by atoms with van der Waals surface area (Å²) in [5, 5.41) is 9.36. The molecule has 4 heteroatoms. The maximum atomic E-state index is 12.5. The molecule has 146 valence electrons. The first-order valence-electron chi connectivity index (χ1n) is 10.4. The molecule has 3 atom stereocenters. The van der Waals surface area contributed by atoms with Crippen molar-refractivity contribution in [2.75, 3.05) is 0 Å². The summed E-state index contributed by atoms with van der Waals surface area (Å²) in [6.45, 7) is 6.38. The van der Waals surface area contributed by atoms with E-state index in [1.54, 1.807) is 0 Å². The molecule has 0 aromatic rings. The number of ether oxygens (including phenoxy) is 1. The van der Waals surface area contributed by atoms with E-state index in [0.717, 1.165) is 25.7 Å². The molecule has 0 aromatic heterocycles. The van der Waals surface area contributed by atoms with Gasteiger partial charge in [-0.25, -0.2) is 0 Å². The molecule has 3 unspecified atom stereocenters. The zero-order chi connectivity index (χ0) is 18.7. The van der Waals surface area contributed by atoms with E-state index in [4.69, 9.17) is 4.74 Å². The van der Waals surface area contributed by atoms with Gasteiger partial charge in [-0.05, 0) is 31.6 Å². The van der Waals surface area contributed by atoms with Crippen LogP contribution in [-0.2, 0) is 14.3 Å². The zero-order valence-corrected chi connectivity index (χ0v) is 16.5. The van der Waals surface area contributed by atoms with E-state index in [0.29, 0.717) is 12.8 Å². The Labute approximate surface area is 153 Å². The molecule has 0 aromatic carbocycles. The third kappa shape index (κ3) is 8.24. The van der Waals surface area contributed by atoms with Gasteiger partial charge in [0, 0.05) is 0 Å². The third-order valence-electron chi connectivity index (χ3n) is 5.49. The van der Waals surface area contributed by atoms with Crippen molar-refractivity contribution in [2.45, 2.75) is 104 Å². The lowest BCUT2D eigenvalue weighted by Gasteiger charge is -2.30. The number of unbranched alkanes of at least 4 members (excludes halogenated alkanes) is 6. The van der Waals surface area contributed by atoms with Gasteiger partial charge in [0.05, 0.1) is 11.8 Å². The molecule has 0 heterocycles. The molecule has 1 fully saturated rings. The molecule has 0 radical (unpaired) electrons. The van der Waals surface area contributed by atoms with Gasteiger partial charge >= 0.3 is 11.9 Å². The van der Waals surface area contributed by atoms with E-state index in [2.05, 4.69) is 20.8 Å². The van der Waals surface area contributed by atoms with Gasteiger partial charge in [-0.15, -0.1) is 0 Å². The molecule has 1 rings (SSSR count). The standard InChI is InChI=1S/C21H38O4/c1-4-5-6-7-8-9-10-15-19(16(2)3)25-21(24)18-14-12-11-13-17(18)20(22)23/h16-19H,4-15H2,1-3H3,(H,22,23). The van der Waals surface area contributed by atoms with Gasteiger partial charge in [0.1, 0.15) is 6.10 Å². The van der Waals surface area contributed by atoms with E-state index < -0.39 is 17.8 Å². The molecule has 0 amide bonds. The predicted molar refractivity (Wildman–Crippen MR) is 100 cm³/mol. The summed E-state index contributed by atoms with van der Waals surface area (Å²) in [6, 6.07) is 0. The second-order valence-electron chi connectivity index (χ2n) is 7.97. The van der Waals surface area contributed by atoms with Gasteiger partial charge in [0.15, 0.2) is 0 Å². The first-order chi connectivity index (χ1) is 12.0. The quantitative estimate of drug-likeness (QED) is 0.367. The smallest absolute Gasteiger partial charge is 0.310 e. The Balaban J connectivity index is 2.40. The molecule has 1 saturated carbocycles. The van der Waals surface area contributed by atoms with Gasteiger partial charge < -0.3 is 9.84 Å². The van der Waals surface area contributed by atoms with E-state index in [1.165, 1.54) is 38.5 Å². The third-order valence-corrected chi connectivity index (χ3v) is 5.49. The van der Waals surface area contributed by atoms with E-state index >= 15 is 0 Å². The highest BCUT2D eigenvalue weighted by Gasteiger charge is 2.37. The topological polar surface area (TPSA) is 63.6 Å². The van der Waals surface area contributed by atoms with Crippen molar-refractivity contribution in [1.82, 2.24) is 0 Å². The summed E-state index contributed by atoms with van der Waals surface area (Å²) < 4.78 is 5.77. The second-order valence-corrected chi connectivity index (χ2v) is 7.97. The van der Waals surface area contributed by atoms with Gasteiger partial charge in [-0.2, -0.15) is 0 Å². The Hall–Kier alpha value is -1.06. The minimum atomic E-state index is -0.852. The summed E-state index contributed by atoms with van der Waals surface area (Å²) in [5.41, 5.74) is 0. The highest BCUT2D eigenvalue weighted by Crippen LogP contribution is 2.32. The van der Waals surface area contributed by atoms with Crippen LogP contribution in [0, 0.1) is 17.8 Å². The van der Waals surface area contributed by atoms with Crippen molar-refractivity contribution in [3.63, 3.8) is 0 Å². The van der Waals surface area contributed by atoms with Crippen LogP contribution < -0.4 is 0 Å². The number of carbonyl (C=O) groups excluding carboxylic acids is 1. The fourth-order valence-corrected chi connectivity index (χ4v) is 3.78. The monoisotopic (exact) mass is 354 g/mol. The minimum absolute atomic E-state index is 0.0838. The highest BCUT2D eigenvalue weighted by molar-refractivity contribution is 5.81. The van der Waals surface area contributed by atoms with E-state index in [9.17, 15) is 14.7 Å². The Morgan fingerprint density at radius 2 is 1.52 bits per heavy atom. The first-order valence-corrected chi connectivity index (χ1v) is 10.4. The van der Waals surface area contributed by atoms with Crippen molar-refractivity contribution >= 4 is 11.9 Å². The molecule has 4 nitrogen and oxygen atoms in total. The summed E-state index contributed by atoms with van der Waals surface area (Å²) in [4.78, 5) is 23.9. The maximum absolute atomic E-state index is 12.5. The van der Waals surface area contributed by atoms with Crippen LogP contribution in [0.25, 0.3) is 0 Å².